The first-order chi connectivity index (χ1) is 11.0. The zero-order chi connectivity index (χ0) is 16.4. The van der Waals surface area contributed by atoms with Gasteiger partial charge in [-0.3, -0.25) is 0 Å². The number of nitrogens with zero attached hydrogens (tertiary/aromatic N) is 3. The lowest BCUT2D eigenvalue weighted by atomic mass is 10.0. The van der Waals surface area contributed by atoms with Gasteiger partial charge in [0.1, 0.15) is 5.82 Å². The van der Waals surface area contributed by atoms with Crippen molar-refractivity contribution in [2.24, 2.45) is 5.92 Å². The van der Waals surface area contributed by atoms with E-state index in [0.29, 0.717) is 27.6 Å². The minimum Gasteiger partial charge on any atom is -0.356 e. The van der Waals surface area contributed by atoms with Crippen molar-refractivity contribution in [3.8, 4) is 0 Å². The summed E-state index contributed by atoms with van der Waals surface area (Å²) in [5.74, 6) is 2.20. The first kappa shape index (κ1) is 16.3. The SMILES string of the molecule is Cc1cc(N2CCCC(C)C2)nc(Nc2cccc(Cl)c2Cl)n1. The molecule has 3 rings (SSSR count). The Kier molecular flexibility index (Phi) is 4.93. The van der Waals surface area contributed by atoms with Gasteiger partial charge in [0.05, 0.1) is 15.7 Å². The number of aromatic nitrogens is 2. The van der Waals surface area contributed by atoms with Crippen molar-refractivity contribution in [3.63, 3.8) is 0 Å². The average Bonchev–Trinajstić information content (AvgIpc) is 2.51. The normalized spacial score (nSPS) is 18.1. The molecule has 4 nitrogen and oxygen atoms in total. The van der Waals surface area contributed by atoms with E-state index < -0.39 is 0 Å². The van der Waals surface area contributed by atoms with E-state index in [4.69, 9.17) is 23.2 Å². The maximum atomic E-state index is 6.23. The van der Waals surface area contributed by atoms with Crippen LogP contribution in [-0.2, 0) is 0 Å². The van der Waals surface area contributed by atoms with Gasteiger partial charge in [0.25, 0.3) is 0 Å². The first-order valence-corrected chi connectivity index (χ1v) is 8.60. The molecule has 1 aliphatic rings. The Hall–Kier alpha value is -1.52. The monoisotopic (exact) mass is 350 g/mol. The Morgan fingerprint density at radius 3 is 2.87 bits per heavy atom. The van der Waals surface area contributed by atoms with Gasteiger partial charge in [0, 0.05) is 24.8 Å². The second-order valence-corrected chi connectivity index (χ2v) is 6.90. The molecule has 0 saturated carbocycles. The molecule has 1 aromatic carbocycles. The predicted octanol–water partition coefficient (Wildman–Crippen LogP) is 5.07. The summed E-state index contributed by atoms with van der Waals surface area (Å²) in [5.41, 5.74) is 1.64. The molecule has 1 N–H and O–H groups in total. The number of nitrogens with one attached hydrogen (secondary N) is 1. The highest BCUT2D eigenvalue weighted by atomic mass is 35.5. The second kappa shape index (κ2) is 6.93. The van der Waals surface area contributed by atoms with E-state index >= 15 is 0 Å². The number of hydrogen-bond acceptors (Lipinski definition) is 4. The summed E-state index contributed by atoms with van der Waals surface area (Å²) in [7, 11) is 0. The van der Waals surface area contributed by atoms with Crippen LogP contribution in [0.15, 0.2) is 24.3 Å². The highest BCUT2D eigenvalue weighted by Gasteiger charge is 2.18. The molecule has 122 valence electrons. The molecule has 2 heterocycles. The van der Waals surface area contributed by atoms with E-state index in [1.165, 1.54) is 12.8 Å². The van der Waals surface area contributed by atoms with Crippen molar-refractivity contribution in [1.82, 2.24) is 9.97 Å². The van der Waals surface area contributed by atoms with E-state index in [1.807, 2.05) is 25.1 Å². The summed E-state index contributed by atoms with van der Waals surface area (Å²) in [6.07, 6.45) is 2.48. The Balaban J connectivity index is 1.87. The van der Waals surface area contributed by atoms with E-state index in [1.54, 1.807) is 6.07 Å². The van der Waals surface area contributed by atoms with Crippen LogP contribution < -0.4 is 10.2 Å². The molecule has 0 bridgehead atoms. The molecule has 0 spiro atoms. The van der Waals surface area contributed by atoms with Crippen LogP contribution in [0.25, 0.3) is 0 Å². The highest BCUT2D eigenvalue weighted by Crippen LogP contribution is 2.31. The van der Waals surface area contributed by atoms with Crippen LogP contribution in [0.1, 0.15) is 25.5 Å². The fourth-order valence-corrected chi connectivity index (χ4v) is 3.24. The Labute approximate surface area is 146 Å². The topological polar surface area (TPSA) is 41.1 Å². The Morgan fingerprint density at radius 1 is 1.26 bits per heavy atom. The molecule has 1 saturated heterocycles. The van der Waals surface area contributed by atoms with Gasteiger partial charge < -0.3 is 10.2 Å². The van der Waals surface area contributed by atoms with Crippen LogP contribution in [-0.4, -0.2) is 23.1 Å². The molecule has 1 unspecified atom stereocenters. The molecule has 23 heavy (non-hydrogen) atoms. The highest BCUT2D eigenvalue weighted by molar-refractivity contribution is 6.43. The smallest absolute Gasteiger partial charge is 0.229 e. The van der Waals surface area contributed by atoms with Gasteiger partial charge >= 0.3 is 0 Å². The van der Waals surface area contributed by atoms with E-state index in [0.717, 1.165) is 24.6 Å². The molecule has 1 atom stereocenters. The third-order valence-electron chi connectivity index (χ3n) is 4.02. The van der Waals surface area contributed by atoms with Gasteiger partial charge in [-0.1, -0.05) is 36.2 Å². The van der Waals surface area contributed by atoms with E-state index in [-0.39, 0.29) is 0 Å². The third-order valence-corrected chi connectivity index (χ3v) is 4.84. The van der Waals surface area contributed by atoms with Crippen molar-refractivity contribution in [2.75, 3.05) is 23.3 Å². The van der Waals surface area contributed by atoms with Crippen LogP contribution >= 0.6 is 23.2 Å². The van der Waals surface area contributed by atoms with Crippen LogP contribution in [0.4, 0.5) is 17.5 Å². The summed E-state index contributed by atoms with van der Waals surface area (Å²) in [4.78, 5) is 11.4. The largest absolute Gasteiger partial charge is 0.356 e. The fraction of sp³-hybridized carbons (Fsp3) is 0.412. The lowest BCUT2D eigenvalue weighted by molar-refractivity contribution is 0.444. The predicted molar refractivity (Wildman–Crippen MR) is 97.1 cm³/mol. The zero-order valence-corrected chi connectivity index (χ0v) is 14.8. The van der Waals surface area contributed by atoms with Crippen LogP contribution in [0.5, 0.6) is 0 Å². The summed E-state index contributed by atoms with van der Waals surface area (Å²) in [6.45, 7) is 6.33. The van der Waals surface area contributed by atoms with Gasteiger partial charge in [-0.05, 0) is 37.8 Å². The molecule has 6 heteroatoms. The molecular weight excluding hydrogens is 331 g/mol. The lowest BCUT2D eigenvalue weighted by Gasteiger charge is -2.32. The molecule has 1 fully saturated rings. The summed E-state index contributed by atoms with van der Waals surface area (Å²) < 4.78 is 0. The average molecular weight is 351 g/mol. The number of piperidine rings is 1. The Bertz CT molecular complexity index is 705. The lowest BCUT2D eigenvalue weighted by Crippen LogP contribution is -2.35. The third kappa shape index (κ3) is 3.88. The van der Waals surface area contributed by atoms with Crippen molar-refractivity contribution < 1.29 is 0 Å². The number of benzene rings is 1. The molecule has 2 aromatic rings. The minimum atomic E-state index is 0.479. The number of halogens is 2. The zero-order valence-electron chi connectivity index (χ0n) is 13.3. The minimum absolute atomic E-state index is 0.479. The first-order valence-electron chi connectivity index (χ1n) is 7.84. The summed E-state index contributed by atoms with van der Waals surface area (Å²) >= 11 is 12.3. The number of rotatable bonds is 3. The van der Waals surface area contributed by atoms with Crippen molar-refractivity contribution in [3.05, 3.63) is 40.0 Å². The van der Waals surface area contributed by atoms with E-state index in [2.05, 4.69) is 27.1 Å². The second-order valence-electron chi connectivity index (χ2n) is 6.11. The fourth-order valence-electron chi connectivity index (χ4n) is 2.89. The van der Waals surface area contributed by atoms with Gasteiger partial charge in [0.2, 0.25) is 5.95 Å². The quantitative estimate of drug-likeness (QED) is 0.838. The molecule has 1 aromatic heterocycles. The van der Waals surface area contributed by atoms with E-state index in [9.17, 15) is 0 Å². The summed E-state index contributed by atoms with van der Waals surface area (Å²) in [6, 6.07) is 7.50. The molecule has 0 aliphatic carbocycles. The number of hydrogen-bond donors (Lipinski definition) is 1. The van der Waals surface area contributed by atoms with Crippen LogP contribution in [0.3, 0.4) is 0 Å². The van der Waals surface area contributed by atoms with Gasteiger partial charge in [0.15, 0.2) is 0 Å². The maximum Gasteiger partial charge on any atom is 0.229 e. The molecular formula is C17H20Cl2N4. The number of aryl methyl sites for hydroxylation is 1. The van der Waals surface area contributed by atoms with Crippen molar-refractivity contribution in [1.29, 1.82) is 0 Å². The molecule has 0 radical (unpaired) electrons. The molecule has 0 amide bonds. The van der Waals surface area contributed by atoms with Crippen molar-refractivity contribution >= 4 is 40.7 Å². The Morgan fingerprint density at radius 2 is 2.09 bits per heavy atom. The van der Waals surface area contributed by atoms with Crippen LogP contribution in [0, 0.1) is 12.8 Å². The summed E-state index contributed by atoms with van der Waals surface area (Å²) in [5, 5.41) is 4.17. The van der Waals surface area contributed by atoms with Gasteiger partial charge in [-0.2, -0.15) is 4.98 Å². The van der Waals surface area contributed by atoms with Crippen molar-refractivity contribution in [2.45, 2.75) is 26.7 Å². The molecule has 1 aliphatic heterocycles. The van der Waals surface area contributed by atoms with Gasteiger partial charge in [-0.15, -0.1) is 0 Å². The van der Waals surface area contributed by atoms with Gasteiger partial charge in [-0.25, -0.2) is 4.98 Å². The maximum absolute atomic E-state index is 6.23. The number of anilines is 3. The van der Waals surface area contributed by atoms with Crippen LogP contribution in [0.2, 0.25) is 10.0 Å². The standard InChI is InChI=1S/C17H20Cl2N4/c1-11-5-4-8-23(10-11)15-9-12(2)20-17(22-15)21-14-7-3-6-13(18)16(14)19/h3,6-7,9,11H,4-5,8,10H2,1-2H3,(H,20,21,22).